The predicted molar refractivity (Wildman–Crippen MR) is 249 cm³/mol. The third kappa shape index (κ3) is 5.36. The average Bonchev–Trinajstić information content (AvgIpc) is 3.79. The smallest absolute Gasteiger partial charge is 0.160 e. The number of hydrogen-bond donors (Lipinski definition) is 0. The second kappa shape index (κ2) is 13.2. The monoisotopic (exact) mass is 766 g/mol. The van der Waals surface area contributed by atoms with Crippen LogP contribution in [-0.4, -0.2) is 9.97 Å². The summed E-state index contributed by atoms with van der Waals surface area (Å²) in [7, 11) is 0. The number of para-hydroxylation sites is 1. The molecule has 11 aromatic rings. The second-order valence-corrected chi connectivity index (χ2v) is 16.5. The molecule has 282 valence electrons. The molecule has 0 amide bonds. The molecule has 2 heterocycles. The van der Waals surface area contributed by atoms with Crippen LogP contribution in [0, 0.1) is 0 Å². The van der Waals surface area contributed by atoms with Crippen LogP contribution in [0.15, 0.2) is 199 Å². The summed E-state index contributed by atoms with van der Waals surface area (Å²) in [4.78, 5) is 10.6. The minimum atomic E-state index is -0.151. The fourth-order valence-corrected chi connectivity index (χ4v) is 9.68. The molecule has 0 atom stereocenters. The van der Waals surface area contributed by atoms with E-state index in [1.807, 2.05) is 18.2 Å². The van der Waals surface area contributed by atoms with Gasteiger partial charge in [0, 0.05) is 32.9 Å². The van der Waals surface area contributed by atoms with E-state index >= 15 is 0 Å². The molecule has 60 heavy (non-hydrogen) atoms. The molecule has 1 aliphatic carbocycles. The van der Waals surface area contributed by atoms with Crippen molar-refractivity contribution in [1.82, 2.24) is 9.97 Å². The Hall–Kier alpha value is -7.62. The Morgan fingerprint density at radius 3 is 1.85 bits per heavy atom. The van der Waals surface area contributed by atoms with Crippen molar-refractivity contribution in [3.05, 3.63) is 205 Å². The molecule has 0 radical (unpaired) electrons. The molecule has 1 aliphatic rings. The number of nitrogens with zero attached hydrogens (tertiary/aromatic N) is 2. The van der Waals surface area contributed by atoms with Crippen LogP contribution in [0.1, 0.15) is 25.0 Å². The van der Waals surface area contributed by atoms with E-state index in [2.05, 4.69) is 190 Å². The van der Waals surface area contributed by atoms with Gasteiger partial charge in [0.2, 0.25) is 0 Å². The van der Waals surface area contributed by atoms with Crippen molar-refractivity contribution in [2.45, 2.75) is 19.3 Å². The Morgan fingerprint density at radius 1 is 0.383 bits per heavy atom. The summed E-state index contributed by atoms with van der Waals surface area (Å²) < 4.78 is 6.28. The van der Waals surface area contributed by atoms with E-state index in [4.69, 9.17) is 14.4 Å². The normalized spacial score (nSPS) is 13.0. The summed E-state index contributed by atoms with van der Waals surface area (Å²) in [5.41, 5.74) is 16.5. The van der Waals surface area contributed by atoms with E-state index in [9.17, 15) is 0 Å². The van der Waals surface area contributed by atoms with Gasteiger partial charge in [-0.25, -0.2) is 9.97 Å². The lowest BCUT2D eigenvalue weighted by Gasteiger charge is -2.22. The zero-order valence-corrected chi connectivity index (χ0v) is 33.3. The molecule has 3 nitrogen and oxygen atoms in total. The highest BCUT2D eigenvalue weighted by molar-refractivity contribution is 6.13. The van der Waals surface area contributed by atoms with Crippen LogP contribution >= 0.6 is 0 Å². The fourth-order valence-electron chi connectivity index (χ4n) is 9.68. The first kappa shape index (κ1) is 34.4. The standard InChI is InChI=1S/C57H38N2O/c1-57(2)48-23-12-22-45(54(48)47-32-36-16-6-7-17-37(36)33-49(47)57)51-34-50(58-56(59-51)35-14-4-3-5-15-35)41-29-27-38-30-40(28-26-39(38)31-41)42-18-8-9-19-43(42)44-21-13-25-53-55(44)46-20-10-11-24-52(46)60-53/h3-34H,1-2H3. The maximum Gasteiger partial charge on any atom is 0.160 e. The Balaban J connectivity index is 0.985. The minimum absolute atomic E-state index is 0.151. The van der Waals surface area contributed by atoms with E-state index < -0.39 is 0 Å². The Labute approximate surface area is 348 Å². The molecule has 0 N–H and O–H groups in total. The molecule has 2 aromatic heterocycles. The second-order valence-electron chi connectivity index (χ2n) is 16.5. The highest BCUT2D eigenvalue weighted by Gasteiger charge is 2.37. The lowest BCUT2D eigenvalue weighted by Crippen LogP contribution is -2.14. The van der Waals surface area contributed by atoms with Gasteiger partial charge in [-0.2, -0.15) is 0 Å². The number of aromatic nitrogens is 2. The first-order valence-electron chi connectivity index (χ1n) is 20.6. The molecule has 0 bridgehead atoms. The summed E-state index contributed by atoms with van der Waals surface area (Å²) in [6, 6.07) is 69.5. The van der Waals surface area contributed by atoms with Crippen LogP contribution in [0.3, 0.4) is 0 Å². The first-order chi connectivity index (χ1) is 29.5. The van der Waals surface area contributed by atoms with Gasteiger partial charge in [-0.15, -0.1) is 0 Å². The SMILES string of the molecule is CC1(C)c2cc3ccccc3cc2-c2c(-c3cc(-c4ccc5cc(-c6ccccc6-c6cccc7oc8ccccc8c67)ccc5c4)nc(-c4ccccc4)n3)cccc21. The van der Waals surface area contributed by atoms with Crippen molar-refractivity contribution < 1.29 is 4.42 Å². The van der Waals surface area contributed by atoms with E-state index in [1.165, 1.54) is 60.7 Å². The highest BCUT2D eigenvalue weighted by Crippen LogP contribution is 2.53. The molecule has 0 saturated heterocycles. The van der Waals surface area contributed by atoms with Crippen molar-refractivity contribution in [2.75, 3.05) is 0 Å². The molecule has 12 rings (SSSR count). The highest BCUT2D eigenvalue weighted by atomic mass is 16.3. The summed E-state index contributed by atoms with van der Waals surface area (Å²) in [6.07, 6.45) is 0. The van der Waals surface area contributed by atoms with Crippen molar-refractivity contribution in [3.63, 3.8) is 0 Å². The summed E-state index contributed by atoms with van der Waals surface area (Å²) in [5, 5.41) is 7.11. The van der Waals surface area contributed by atoms with Crippen LogP contribution in [-0.2, 0) is 5.41 Å². The van der Waals surface area contributed by atoms with Crippen molar-refractivity contribution in [2.24, 2.45) is 0 Å². The van der Waals surface area contributed by atoms with E-state index in [-0.39, 0.29) is 5.41 Å². The number of fused-ring (bicyclic) bond motifs is 8. The Kier molecular flexibility index (Phi) is 7.58. The third-order valence-corrected chi connectivity index (χ3v) is 12.7. The number of hydrogen-bond acceptors (Lipinski definition) is 3. The molecule has 0 spiro atoms. The fraction of sp³-hybridized carbons (Fsp3) is 0.0526. The molecule has 0 unspecified atom stereocenters. The Morgan fingerprint density at radius 2 is 1.00 bits per heavy atom. The number of rotatable bonds is 5. The zero-order chi connectivity index (χ0) is 40.0. The van der Waals surface area contributed by atoms with Gasteiger partial charge in [0.05, 0.1) is 11.4 Å². The van der Waals surface area contributed by atoms with Crippen molar-refractivity contribution >= 4 is 43.5 Å². The number of benzene rings is 9. The van der Waals surface area contributed by atoms with Crippen LogP contribution < -0.4 is 0 Å². The molecule has 3 heteroatoms. The molecular formula is C57H38N2O. The van der Waals surface area contributed by atoms with Gasteiger partial charge in [0.15, 0.2) is 5.82 Å². The molecule has 0 aliphatic heterocycles. The number of furan rings is 1. The van der Waals surface area contributed by atoms with Crippen LogP contribution in [0.2, 0.25) is 0 Å². The van der Waals surface area contributed by atoms with E-state index in [1.54, 1.807) is 0 Å². The largest absolute Gasteiger partial charge is 0.456 e. The first-order valence-corrected chi connectivity index (χ1v) is 20.6. The maximum atomic E-state index is 6.28. The molecule has 9 aromatic carbocycles. The average molecular weight is 767 g/mol. The van der Waals surface area contributed by atoms with Crippen LogP contribution in [0.4, 0.5) is 0 Å². The lowest BCUT2D eigenvalue weighted by atomic mass is 9.81. The molecule has 0 fully saturated rings. The van der Waals surface area contributed by atoms with E-state index in [0.29, 0.717) is 5.82 Å². The Bertz CT molecular complexity index is 3520. The van der Waals surface area contributed by atoms with Crippen LogP contribution in [0.5, 0.6) is 0 Å². The molecule has 0 saturated carbocycles. The van der Waals surface area contributed by atoms with E-state index in [0.717, 1.165) is 55.4 Å². The summed E-state index contributed by atoms with van der Waals surface area (Å²) in [6.45, 7) is 4.69. The molecular weight excluding hydrogens is 729 g/mol. The lowest BCUT2D eigenvalue weighted by molar-refractivity contribution is 0.661. The van der Waals surface area contributed by atoms with Gasteiger partial charge in [-0.1, -0.05) is 166 Å². The topological polar surface area (TPSA) is 38.9 Å². The van der Waals surface area contributed by atoms with Gasteiger partial charge in [0.25, 0.3) is 0 Å². The van der Waals surface area contributed by atoms with Crippen molar-refractivity contribution in [1.29, 1.82) is 0 Å². The van der Waals surface area contributed by atoms with Gasteiger partial charge in [-0.3, -0.25) is 0 Å². The quantitative estimate of drug-likeness (QED) is 0.175. The van der Waals surface area contributed by atoms with Crippen molar-refractivity contribution in [3.8, 4) is 67.3 Å². The third-order valence-electron chi connectivity index (χ3n) is 12.7. The maximum absolute atomic E-state index is 6.28. The van der Waals surface area contributed by atoms with Crippen LogP contribution in [0.25, 0.3) is 111 Å². The van der Waals surface area contributed by atoms with Gasteiger partial charge >= 0.3 is 0 Å². The minimum Gasteiger partial charge on any atom is -0.456 e. The van der Waals surface area contributed by atoms with Gasteiger partial charge < -0.3 is 4.42 Å². The summed E-state index contributed by atoms with van der Waals surface area (Å²) >= 11 is 0. The van der Waals surface area contributed by atoms with Gasteiger partial charge in [-0.05, 0) is 109 Å². The summed E-state index contributed by atoms with van der Waals surface area (Å²) in [5.74, 6) is 0.712. The van der Waals surface area contributed by atoms with Gasteiger partial charge in [0.1, 0.15) is 11.2 Å². The zero-order valence-electron chi connectivity index (χ0n) is 33.3. The predicted octanol–water partition coefficient (Wildman–Crippen LogP) is 15.3.